The van der Waals surface area contributed by atoms with E-state index in [1.165, 1.54) is 12.1 Å². The molecule has 0 bridgehead atoms. The molecule has 5 nitrogen and oxygen atoms in total. The van der Waals surface area contributed by atoms with Crippen LogP contribution >= 0.6 is 0 Å². The number of rotatable bonds is 4. The minimum absolute atomic E-state index is 0.355. The number of benzene rings is 2. The molecule has 3 rings (SSSR count). The van der Waals surface area contributed by atoms with Gasteiger partial charge in [0.15, 0.2) is 0 Å². The number of halogens is 1. The van der Waals surface area contributed by atoms with E-state index < -0.39 is 17.9 Å². The maximum Gasteiger partial charge on any atom is 0.314 e. The number of hydrogen-bond donors (Lipinski definition) is 1. The van der Waals surface area contributed by atoms with Crippen LogP contribution in [0.25, 0.3) is 0 Å². The Hall–Kier alpha value is -2.89. The fraction of sp³-hybridized carbons (Fsp3) is 0.222. The Labute approximate surface area is 139 Å². The van der Waals surface area contributed by atoms with Crippen LogP contribution in [0.15, 0.2) is 53.6 Å². The molecule has 0 saturated carbocycles. The molecule has 2 atom stereocenters. The molecule has 6 heteroatoms. The first-order chi connectivity index (χ1) is 11.5. The van der Waals surface area contributed by atoms with E-state index in [1.807, 2.05) is 12.1 Å². The second-order valence-corrected chi connectivity index (χ2v) is 5.60. The van der Waals surface area contributed by atoms with Crippen LogP contribution < -0.4 is 9.75 Å². The summed E-state index contributed by atoms with van der Waals surface area (Å²) in [5, 5.41) is 15.7. The van der Waals surface area contributed by atoms with E-state index in [4.69, 9.17) is 4.74 Å². The number of carbonyl (C=O) groups is 1. The molecule has 0 radical (unpaired) electrons. The van der Waals surface area contributed by atoms with Crippen molar-refractivity contribution in [3.63, 3.8) is 0 Å². The average Bonchev–Trinajstić information content (AvgIpc) is 2.93. The SMILES string of the molecule is COc1cccc(C2C(C(=O)O)C(C)=NN2c2ccc(F)cc2)c1. The zero-order valence-electron chi connectivity index (χ0n) is 13.3. The van der Waals surface area contributed by atoms with Gasteiger partial charge in [0.25, 0.3) is 0 Å². The highest BCUT2D eigenvalue weighted by Crippen LogP contribution is 2.40. The Bertz CT molecular complexity index is 789. The lowest BCUT2D eigenvalue weighted by Crippen LogP contribution is -2.30. The van der Waals surface area contributed by atoms with E-state index in [0.29, 0.717) is 17.1 Å². The molecule has 1 N–H and O–H groups in total. The zero-order chi connectivity index (χ0) is 17.3. The number of carboxylic acids is 1. The number of hydrazone groups is 1. The number of carboxylic acid groups (broad SMARTS) is 1. The molecule has 0 fully saturated rings. The number of aliphatic carboxylic acids is 1. The highest BCUT2D eigenvalue weighted by atomic mass is 19.1. The van der Waals surface area contributed by atoms with Gasteiger partial charge in [0.1, 0.15) is 17.5 Å². The average molecular weight is 328 g/mol. The Morgan fingerprint density at radius 2 is 1.96 bits per heavy atom. The van der Waals surface area contributed by atoms with Gasteiger partial charge in [-0.3, -0.25) is 9.80 Å². The lowest BCUT2D eigenvalue weighted by atomic mass is 9.90. The summed E-state index contributed by atoms with van der Waals surface area (Å²) in [5.41, 5.74) is 1.90. The number of methoxy groups -OCH3 is 1. The normalized spacial score (nSPS) is 20.0. The fourth-order valence-electron chi connectivity index (χ4n) is 2.95. The maximum absolute atomic E-state index is 13.2. The highest BCUT2D eigenvalue weighted by Gasteiger charge is 2.42. The third-order valence-corrected chi connectivity index (χ3v) is 4.09. The lowest BCUT2D eigenvalue weighted by Gasteiger charge is -2.27. The smallest absolute Gasteiger partial charge is 0.314 e. The molecule has 24 heavy (non-hydrogen) atoms. The van der Waals surface area contributed by atoms with Crippen molar-refractivity contribution in [2.45, 2.75) is 13.0 Å². The summed E-state index contributed by atoms with van der Waals surface area (Å²) in [4.78, 5) is 11.8. The van der Waals surface area contributed by atoms with Crippen molar-refractivity contribution in [3.05, 3.63) is 59.9 Å². The molecule has 0 amide bonds. The van der Waals surface area contributed by atoms with Crippen LogP contribution in [0.1, 0.15) is 18.5 Å². The molecule has 0 aromatic heterocycles. The largest absolute Gasteiger partial charge is 0.497 e. The van der Waals surface area contributed by atoms with Gasteiger partial charge in [-0.2, -0.15) is 5.10 Å². The summed E-state index contributed by atoms with van der Waals surface area (Å²) in [5.74, 6) is -1.46. The van der Waals surface area contributed by atoms with Gasteiger partial charge in [-0.15, -0.1) is 0 Å². The molecule has 0 aliphatic carbocycles. The van der Waals surface area contributed by atoms with E-state index in [0.717, 1.165) is 5.56 Å². The van der Waals surface area contributed by atoms with Crippen molar-refractivity contribution >= 4 is 17.4 Å². The number of ether oxygens (including phenoxy) is 1. The van der Waals surface area contributed by atoms with Gasteiger partial charge in [0.05, 0.1) is 24.6 Å². The van der Waals surface area contributed by atoms with Gasteiger partial charge in [0.2, 0.25) is 0 Å². The van der Waals surface area contributed by atoms with E-state index in [2.05, 4.69) is 5.10 Å². The first kappa shape index (κ1) is 16.0. The van der Waals surface area contributed by atoms with Crippen molar-refractivity contribution < 1.29 is 19.0 Å². The van der Waals surface area contributed by atoms with E-state index in [9.17, 15) is 14.3 Å². The number of hydrogen-bond acceptors (Lipinski definition) is 4. The van der Waals surface area contributed by atoms with Gasteiger partial charge in [-0.05, 0) is 48.9 Å². The predicted molar refractivity (Wildman–Crippen MR) is 88.8 cm³/mol. The first-order valence-electron chi connectivity index (χ1n) is 7.48. The molecule has 0 saturated heterocycles. The van der Waals surface area contributed by atoms with Crippen LogP contribution in [-0.2, 0) is 4.79 Å². The second kappa shape index (κ2) is 6.31. The van der Waals surface area contributed by atoms with E-state index >= 15 is 0 Å². The summed E-state index contributed by atoms with van der Waals surface area (Å²) >= 11 is 0. The third-order valence-electron chi connectivity index (χ3n) is 4.09. The minimum atomic E-state index is -0.950. The molecule has 1 aliphatic heterocycles. The predicted octanol–water partition coefficient (Wildman–Crippen LogP) is 3.47. The third kappa shape index (κ3) is 2.82. The number of nitrogens with zero attached hydrogens (tertiary/aromatic N) is 2. The number of anilines is 1. The summed E-state index contributed by atoms with van der Waals surface area (Å²) in [6.07, 6.45) is 0. The summed E-state index contributed by atoms with van der Waals surface area (Å²) < 4.78 is 18.4. The maximum atomic E-state index is 13.2. The van der Waals surface area contributed by atoms with Crippen molar-refractivity contribution in [2.24, 2.45) is 11.0 Å². The Morgan fingerprint density at radius 3 is 2.58 bits per heavy atom. The highest BCUT2D eigenvalue weighted by molar-refractivity contribution is 6.03. The Kier molecular flexibility index (Phi) is 4.20. The molecule has 1 heterocycles. The standard InChI is InChI=1S/C18H17FN2O3/c1-11-16(18(22)23)17(12-4-3-5-15(10-12)24-2)21(20-11)14-8-6-13(19)7-9-14/h3-10,16-17H,1-2H3,(H,22,23). The quantitative estimate of drug-likeness (QED) is 0.933. The molecule has 2 aromatic carbocycles. The van der Waals surface area contributed by atoms with Crippen molar-refractivity contribution in [1.29, 1.82) is 0 Å². The first-order valence-corrected chi connectivity index (χ1v) is 7.48. The summed E-state index contributed by atoms with van der Waals surface area (Å²) in [6, 6.07) is 12.6. The van der Waals surface area contributed by atoms with Gasteiger partial charge in [0, 0.05) is 0 Å². The van der Waals surface area contributed by atoms with Gasteiger partial charge < -0.3 is 9.84 Å². The van der Waals surface area contributed by atoms with Crippen LogP contribution in [0.5, 0.6) is 5.75 Å². The molecular formula is C18H17FN2O3. The molecule has 0 spiro atoms. The fourth-order valence-corrected chi connectivity index (χ4v) is 2.95. The minimum Gasteiger partial charge on any atom is -0.497 e. The van der Waals surface area contributed by atoms with E-state index in [1.54, 1.807) is 43.3 Å². The lowest BCUT2D eigenvalue weighted by molar-refractivity contribution is -0.139. The molecule has 124 valence electrons. The van der Waals surface area contributed by atoms with E-state index in [-0.39, 0.29) is 5.82 Å². The topological polar surface area (TPSA) is 62.1 Å². The second-order valence-electron chi connectivity index (χ2n) is 5.60. The molecule has 1 aliphatic rings. The Balaban J connectivity index is 2.08. The van der Waals surface area contributed by atoms with Crippen LogP contribution in [0, 0.1) is 11.7 Å². The van der Waals surface area contributed by atoms with Crippen LogP contribution in [0.4, 0.5) is 10.1 Å². The van der Waals surface area contributed by atoms with Gasteiger partial charge in [-0.1, -0.05) is 12.1 Å². The Morgan fingerprint density at radius 1 is 1.25 bits per heavy atom. The zero-order valence-corrected chi connectivity index (χ0v) is 13.3. The van der Waals surface area contributed by atoms with Crippen molar-refractivity contribution in [2.75, 3.05) is 12.1 Å². The van der Waals surface area contributed by atoms with Crippen LogP contribution in [0.2, 0.25) is 0 Å². The monoisotopic (exact) mass is 328 g/mol. The van der Waals surface area contributed by atoms with Crippen molar-refractivity contribution in [1.82, 2.24) is 0 Å². The van der Waals surface area contributed by atoms with Crippen LogP contribution in [-0.4, -0.2) is 23.9 Å². The van der Waals surface area contributed by atoms with Crippen molar-refractivity contribution in [3.8, 4) is 5.75 Å². The van der Waals surface area contributed by atoms with Gasteiger partial charge in [-0.25, -0.2) is 4.39 Å². The molecule has 2 unspecified atom stereocenters. The molecular weight excluding hydrogens is 311 g/mol. The molecule has 2 aromatic rings. The van der Waals surface area contributed by atoms with Crippen LogP contribution in [0.3, 0.4) is 0 Å². The summed E-state index contributed by atoms with van der Waals surface area (Å²) in [7, 11) is 1.56. The van der Waals surface area contributed by atoms with Gasteiger partial charge >= 0.3 is 5.97 Å². The summed E-state index contributed by atoms with van der Waals surface area (Å²) in [6.45, 7) is 1.69.